The molecule has 1 fully saturated rings. The third kappa shape index (κ3) is 4.86. The van der Waals surface area contributed by atoms with E-state index in [1.165, 1.54) is 6.42 Å². The van der Waals surface area contributed by atoms with Crippen LogP contribution in [0.5, 0.6) is 11.5 Å². The molecule has 3 aliphatic rings. The number of carbonyl (C=O) groups excluding carboxylic acids is 2. The second-order valence-electron chi connectivity index (χ2n) is 11.8. The number of carbonyl (C=O) groups is 2. The minimum absolute atomic E-state index is 0.125. The Morgan fingerprint density at radius 2 is 1.82 bits per heavy atom. The van der Waals surface area contributed by atoms with Gasteiger partial charge in [-0.25, -0.2) is 0 Å². The van der Waals surface area contributed by atoms with Crippen molar-refractivity contribution in [3.8, 4) is 11.5 Å². The van der Waals surface area contributed by atoms with Crippen molar-refractivity contribution in [3.63, 3.8) is 0 Å². The van der Waals surface area contributed by atoms with Crippen molar-refractivity contribution in [1.82, 2.24) is 19.7 Å². The first-order valence-electron chi connectivity index (χ1n) is 14.1. The maximum absolute atomic E-state index is 14.0. The highest BCUT2D eigenvalue weighted by molar-refractivity contribution is 6.03. The largest absolute Gasteiger partial charge is 0.454 e. The van der Waals surface area contributed by atoms with Gasteiger partial charge in [-0.1, -0.05) is 38.1 Å². The average molecular weight is 531 g/mol. The van der Waals surface area contributed by atoms with Gasteiger partial charge in [0.15, 0.2) is 11.5 Å². The van der Waals surface area contributed by atoms with Gasteiger partial charge in [-0.2, -0.15) is 0 Å². The zero-order valence-corrected chi connectivity index (χ0v) is 23.1. The molecule has 0 saturated carbocycles. The quantitative estimate of drug-likeness (QED) is 0.462. The number of fused-ring (bicyclic) bond motifs is 4. The van der Waals surface area contributed by atoms with Gasteiger partial charge in [-0.05, 0) is 68.0 Å². The second kappa shape index (κ2) is 10.2. The van der Waals surface area contributed by atoms with Crippen LogP contribution in [0.4, 0.5) is 0 Å². The molecule has 206 valence electrons. The fraction of sp³-hybridized carbons (Fsp3) is 0.484. The van der Waals surface area contributed by atoms with Crippen molar-refractivity contribution in [2.24, 2.45) is 11.8 Å². The maximum Gasteiger partial charge on any atom is 0.271 e. The number of para-hydroxylation sites is 1. The predicted molar refractivity (Wildman–Crippen MR) is 150 cm³/mol. The van der Waals surface area contributed by atoms with Gasteiger partial charge in [0.2, 0.25) is 12.7 Å². The first kappa shape index (κ1) is 25.7. The number of rotatable bonds is 7. The van der Waals surface area contributed by atoms with E-state index < -0.39 is 5.54 Å². The predicted octanol–water partition coefficient (Wildman–Crippen LogP) is 4.27. The molecular formula is C31H38N4O4. The van der Waals surface area contributed by atoms with Gasteiger partial charge >= 0.3 is 0 Å². The van der Waals surface area contributed by atoms with E-state index in [-0.39, 0.29) is 18.6 Å². The smallest absolute Gasteiger partial charge is 0.271 e. The Morgan fingerprint density at radius 3 is 2.64 bits per heavy atom. The molecule has 2 aromatic carbocycles. The molecule has 39 heavy (non-hydrogen) atoms. The SMILES string of the molecule is C[C@@H]1C[C@H](C)CN(CCCNC(=O)[C@@]2(C)Cn3c(cc4ccccc43)C(=O)N2Cc2ccc3c(c2)OCO3)C1. The number of ether oxygens (including phenoxy) is 2. The molecule has 3 atom stereocenters. The van der Waals surface area contributed by atoms with Crippen LogP contribution in [-0.4, -0.2) is 64.7 Å². The highest BCUT2D eigenvalue weighted by atomic mass is 16.7. The van der Waals surface area contributed by atoms with Crippen molar-refractivity contribution < 1.29 is 19.1 Å². The summed E-state index contributed by atoms with van der Waals surface area (Å²) in [6, 6.07) is 15.6. The molecule has 0 radical (unpaired) electrons. The monoisotopic (exact) mass is 530 g/mol. The molecule has 3 aromatic rings. The van der Waals surface area contributed by atoms with E-state index in [0.29, 0.717) is 48.7 Å². The van der Waals surface area contributed by atoms with Crippen molar-refractivity contribution in [3.05, 3.63) is 59.8 Å². The van der Waals surface area contributed by atoms with E-state index in [0.717, 1.165) is 42.5 Å². The Bertz CT molecular complexity index is 1390. The van der Waals surface area contributed by atoms with Crippen LogP contribution in [0.3, 0.4) is 0 Å². The lowest BCUT2D eigenvalue weighted by Gasteiger charge is -2.44. The lowest BCUT2D eigenvalue weighted by Crippen LogP contribution is -2.63. The molecule has 0 bridgehead atoms. The van der Waals surface area contributed by atoms with E-state index in [2.05, 4.69) is 24.1 Å². The van der Waals surface area contributed by atoms with Crippen LogP contribution < -0.4 is 14.8 Å². The molecule has 0 aliphatic carbocycles. The normalized spacial score (nSPS) is 24.7. The fourth-order valence-electron chi connectivity index (χ4n) is 6.65. The summed E-state index contributed by atoms with van der Waals surface area (Å²) in [6.07, 6.45) is 2.17. The Hall–Kier alpha value is -3.52. The molecule has 4 heterocycles. The van der Waals surface area contributed by atoms with Crippen LogP contribution in [0.25, 0.3) is 10.9 Å². The van der Waals surface area contributed by atoms with E-state index >= 15 is 0 Å². The van der Waals surface area contributed by atoms with Crippen molar-refractivity contribution >= 4 is 22.7 Å². The second-order valence-corrected chi connectivity index (χ2v) is 11.8. The van der Waals surface area contributed by atoms with Gasteiger partial charge < -0.3 is 29.2 Å². The molecule has 8 nitrogen and oxygen atoms in total. The van der Waals surface area contributed by atoms with Crippen molar-refractivity contribution in [2.75, 3.05) is 33.0 Å². The highest BCUT2D eigenvalue weighted by Gasteiger charge is 2.47. The molecule has 6 rings (SSSR count). The third-order valence-corrected chi connectivity index (χ3v) is 8.48. The topological polar surface area (TPSA) is 76.0 Å². The number of nitrogens with zero attached hydrogens (tertiary/aromatic N) is 3. The highest BCUT2D eigenvalue weighted by Crippen LogP contribution is 2.36. The Morgan fingerprint density at radius 1 is 1.05 bits per heavy atom. The molecule has 0 unspecified atom stereocenters. The van der Waals surface area contributed by atoms with E-state index in [9.17, 15) is 9.59 Å². The Balaban J connectivity index is 1.23. The average Bonchev–Trinajstić information content (AvgIpc) is 3.53. The van der Waals surface area contributed by atoms with Crippen LogP contribution >= 0.6 is 0 Å². The number of amides is 2. The minimum Gasteiger partial charge on any atom is -0.454 e. The molecule has 8 heteroatoms. The molecule has 1 saturated heterocycles. The molecule has 2 amide bonds. The number of hydrogen-bond acceptors (Lipinski definition) is 5. The van der Waals surface area contributed by atoms with Gasteiger partial charge in [0, 0.05) is 37.1 Å². The summed E-state index contributed by atoms with van der Waals surface area (Å²) >= 11 is 0. The number of benzene rings is 2. The Labute approximate surface area is 229 Å². The zero-order valence-electron chi connectivity index (χ0n) is 23.1. The molecule has 1 aromatic heterocycles. The van der Waals surface area contributed by atoms with Crippen LogP contribution in [-0.2, 0) is 17.9 Å². The van der Waals surface area contributed by atoms with Crippen molar-refractivity contribution in [1.29, 1.82) is 0 Å². The van der Waals surface area contributed by atoms with E-state index in [4.69, 9.17) is 9.47 Å². The van der Waals surface area contributed by atoms with Crippen molar-refractivity contribution in [2.45, 2.75) is 52.2 Å². The standard InChI is InChI=1S/C31H38N4O4/c1-21-13-22(2)17-33(16-21)12-6-11-32-30(37)31(3)19-34-25-8-5-4-7-24(25)15-26(34)29(36)35(31)18-23-9-10-27-28(14-23)39-20-38-27/h4-5,7-10,14-15,21-22H,6,11-13,16-20H2,1-3H3,(H,32,37)/t21-,22+,31-/m1/s1. The summed E-state index contributed by atoms with van der Waals surface area (Å²) in [5.74, 6) is 2.52. The summed E-state index contributed by atoms with van der Waals surface area (Å²) in [5.41, 5.74) is 1.41. The number of likely N-dealkylation sites (tertiary alicyclic amines) is 1. The molecule has 1 N–H and O–H groups in total. The first-order valence-corrected chi connectivity index (χ1v) is 14.1. The number of nitrogens with one attached hydrogen (secondary N) is 1. The molecular weight excluding hydrogens is 492 g/mol. The van der Waals surface area contributed by atoms with Gasteiger partial charge in [0.25, 0.3) is 5.91 Å². The third-order valence-electron chi connectivity index (χ3n) is 8.48. The maximum atomic E-state index is 14.0. The van der Waals surface area contributed by atoms with E-state index in [1.54, 1.807) is 4.90 Å². The lowest BCUT2D eigenvalue weighted by atomic mass is 9.92. The zero-order chi connectivity index (χ0) is 27.1. The van der Waals surface area contributed by atoms with Crippen LogP contribution in [0.15, 0.2) is 48.5 Å². The summed E-state index contributed by atoms with van der Waals surface area (Å²) in [4.78, 5) is 32.1. The molecule has 3 aliphatic heterocycles. The summed E-state index contributed by atoms with van der Waals surface area (Å²) in [5, 5.41) is 4.19. The van der Waals surface area contributed by atoms with E-state index in [1.807, 2.05) is 60.0 Å². The fourth-order valence-corrected chi connectivity index (χ4v) is 6.65. The van der Waals surface area contributed by atoms with Crippen LogP contribution in [0.1, 0.15) is 49.7 Å². The van der Waals surface area contributed by atoms with Gasteiger partial charge in [-0.15, -0.1) is 0 Å². The first-order chi connectivity index (χ1) is 18.8. The summed E-state index contributed by atoms with van der Waals surface area (Å²) in [6.45, 7) is 11.2. The van der Waals surface area contributed by atoms with Gasteiger partial charge in [0.05, 0.1) is 6.54 Å². The van der Waals surface area contributed by atoms with Gasteiger partial charge in [-0.3, -0.25) is 9.59 Å². The van der Waals surface area contributed by atoms with Crippen LogP contribution in [0, 0.1) is 11.8 Å². The Kier molecular flexibility index (Phi) is 6.75. The number of hydrogen-bond donors (Lipinski definition) is 1. The summed E-state index contributed by atoms with van der Waals surface area (Å²) < 4.78 is 13.0. The van der Waals surface area contributed by atoms with Crippen LogP contribution in [0.2, 0.25) is 0 Å². The lowest BCUT2D eigenvalue weighted by molar-refractivity contribution is -0.133. The summed E-state index contributed by atoms with van der Waals surface area (Å²) in [7, 11) is 0. The number of piperidine rings is 1. The molecule has 0 spiro atoms. The van der Waals surface area contributed by atoms with Gasteiger partial charge in [0.1, 0.15) is 11.2 Å². The minimum atomic E-state index is -1.06. The number of aromatic nitrogens is 1.